The molecule has 0 aromatic heterocycles. The van der Waals surface area contributed by atoms with E-state index < -0.39 is 14.9 Å². The van der Waals surface area contributed by atoms with Gasteiger partial charge >= 0.3 is 0 Å². The lowest BCUT2D eigenvalue weighted by molar-refractivity contribution is -0.384. The number of halogens is 1. The zero-order chi connectivity index (χ0) is 19.2. The Kier molecular flexibility index (Phi) is 4.67. The van der Waals surface area contributed by atoms with Crippen LogP contribution in [0.15, 0.2) is 53.4 Å². The largest absolute Gasteiger partial charge is 0.298 e. The molecule has 0 spiro atoms. The fraction of sp³-hybridized carbons (Fsp3) is 0.333. The van der Waals surface area contributed by atoms with Gasteiger partial charge in [0.1, 0.15) is 0 Å². The lowest BCUT2D eigenvalue weighted by atomic mass is 10.2. The SMILES string of the molecule is O=[N+]([O-])c1ccc(S(=O)(=O)NC2C3CN(Cc4ccc(Cl)cc4)CC32)cc1. The highest BCUT2D eigenvalue weighted by atomic mass is 35.5. The van der Waals surface area contributed by atoms with Gasteiger partial charge in [0.15, 0.2) is 0 Å². The Hall–Kier alpha value is -2.00. The Balaban J connectivity index is 1.33. The molecule has 1 saturated carbocycles. The molecule has 2 aliphatic rings. The van der Waals surface area contributed by atoms with Gasteiger partial charge in [-0.2, -0.15) is 0 Å². The molecule has 4 rings (SSSR count). The van der Waals surface area contributed by atoms with Gasteiger partial charge in [-0.05, 0) is 41.7 Å². The topological polar surface area (TPSA) is 92.5 Å². The van der Waals surface area contributed by atoms with E-state index in [1.807, 2.05) is 24.3 Å². The molecule has 1 N–H and O–H groups in total. The molecule has 0 radical (unpaired) electrons. The van der Waals surface area contributed by atoms with Gasteiger partial charge < -0.3 is 0 Å². The minimum absolute atomic E-state index is 0.0519. The Morgan fingerprint density at radius 1 is 1.07 bits per heavy atom. The van der Waals surface area contributed by atoms with Crippen molar-refractivity contribution in [2.45, 2.75) is 17.5 Å². The van der Waals surface area contributed by atoms with E-state index in [9.17, 15) is 18.5 Å². The van der Waals surface area contributed by atoms with E-state index in [1.165, 1.54) is 29.8 Å². The number of likely N-dealkylation sites (tertiary alicyclic amines) is 1. The average molecular weight is 408 g/mol. The maximum Gasteiger partial charge on any atom is 0.269 e. The van der Waals surface area contributed by atoms with E-state index in [-0.39, 0.29) is 16.6 Å². The van der Waals surface area contributed by atoms with Crippen LogP contribution < -0.4 is 4.72 Å². The molecule has 2 aromatic carbocycles. The smallest absolute Gasteiger partial charge is 0.269 e. The van der Waals surface area contributed by atoms with Crippen LogP contribution in [0.4, 0.5) is 5.69 Å². The Morgan fingerprint density at radius 3 is 2.22 bits per heavy atom. The van der Waals surface area contributed by atoms with E-state index in [0.717, 1.165) is 19.6 Å². The van der Waals surface area contributed by atoms with Gasteiger partial charge in [0.2, 0.25) is 10.0 Å². The van der Waals surface area contributed by atoms with Crippen LogP contribution in [0.3, 0.4) is 0 Å². The van der Waals surface area contributed by atoms with Gasteiger partial charge in [0, 0.05) is 42.8 Å². The number of rotatable bonds is 6. The molecule has 2 fully saturated rings. The van der Waals surface area contributed by atoms with E-state index in [1.54, 1.807) is 0 Å². The Bertz CT molecular complexity index is 951. The molecule has 0 amide bonds. The Morgan fingerprint density at radius 2 is 1.67 bits per heavy atom. The van der Waals surface area contributed by atoms with E-state index in [4.69, 9.17) is 11.6 Å². The minimum atomic E-state index is -3.67. The van der Waals surface area contributed by atoms with Crippen LogP contribution in [0.5, 0.6) is 0 Å². The predicted octanol–water partition coefficient (Wildman–Crippen LogP) is 2.66. The van der Waals surface area contributed by atoms with Gasteiger partial charge in [0.25, 0.3) is 5.69 Å². The summed E-state index contributed by atoms with van der Waals surface area (Å²) in [5.41, 5.74) is 1.05. The molecule has 27 heavy (non-hydrogen) atoms. The minimum Gasteiger partial charge on any atom is -0.298 e. The molecule has 7 nitrogen and oxygen atoms in total. The van der Waals surface area contributed by atoms with E-state index in [0.29, 0.717) is 16.9 Å². The fourth-order valence-electron chi connectivity index (χ4n) is 3.76. The number of benzene rings is 2. The second-order valence-electron chi connectivity index (χ2n) is 7.05. The summed E-state index contributed by atoms with van der Waals surface area (Å²) in [5, 5.41) is 11.4. The van der Waals surface area contributed by atoms with E-state index in [2.05, 4.69) is 9.62 Å². The average Bonchev–Trinajstić information content (AvgIpc) is 3.07. The van der Waals surface area contributed by atoms with Crippen LogP contribution >= 0.6 is 11.6 Å². The second kappa shape index (κ2) is 6.87. The molecule has 1 heterocycles. The lowest BCUT2D eigenvalue weighted by Crippen LogP contribution is -2.34. The maximum atomic E-state index is 12.5. The van der Waals surface area contributed by atoms with Crippen LogP contribution in [0.25, 0.3) is 0 Å². The van der Waals surface area contributed by atoms with Crippen molar-refractivity contribution in [1.29, 1.82) is 0 Å². The molecule has 2 aromatic rings. The summed E-state index contributed by atoms with van der Waals surface area (Å²) in [5.74, 6) is 0.621. The first-order valence-electron chi connectivity index (χ1n) is 8.57. The van der Waals surface area contributed by atoms with Gasteiger partial charge in [-0.15, -0.1) is 0 Å². The molecule has 1 aliphatic heterocycles. The number of non-ortho nitro benzene ring substituents is 1. The number of nitrogens with one attached hydrogen (secondary N) is 1. The summed E-state index contributed by atoms with van der Waals surface area (Å²) in [7, 11) is -3.67. The summed E-state index contributed by atoms with van der Waals surface area (Å²) in [4.78, 5) is 12.5. The molecule has 9 heteroatoms. The maximum absolute atomic E-state index is 12.5. The molecule has 2 unspecified atom stereocenters. The first kappa shape index (κ1) is 18.4. The third-order valence-corrected chi connectivity index (χ3v) is 6.97. The monoisotopic (exact) mass is 407 g/mol. The summed E-state index contributed by atoms with van der Waals surface area (Å²) in [6, 6.07) is 12.6. The van der Waals surface area contributed by atoms with Crippen LogP contribution in [0.2, 0.25) is 5.02 Å². The lowest BCUT2D eigenvalue weighted by Gasteiger charge is -2.20. The van der Waals surface area contributed by atoms with E-state index >= 15 is 0 Å². The predicted molar refractivity (Wildman–Crippen MR) is 101 cm³/mol. The van der Waals surface area contributed by atoms with Crippen molar-refractivity contribution in [3.8, 4) is 0 Å². The Labute approximate surface area is 162 Å². The van der Waals surface area contributed by atoms with Gasteiger partial charge in [-0.1, -0.05) is 23.7 Å². The van der Waals surface area contributed by atoms with Crippen LogP contribution in [0, 0.1) is 22.0 Å². The summed E-state index contributed by atoms with van der Waals surface area (Å²) in [6.07, 6.45) is 0. The van der Waals surface area contributed by atoms with Crippen molar-refractivity contribution in [1.82, 2.24) is 9.62 Å². The third kappa shape index (κ3) is 3.84. The van der Waals surface area contributed by atoms with Gasteiger partial charge in [0.05, 0.1) is 9.82 Å². The summed E-state index contributed by atoms with van der Waals surface area (Å²) >= 11 is 5.90. The summed E-state index contributed by atoms with van der Waals surface area (Å²) in [6.45, 7) is 2.52. The zero-order valence-corrected chi connectivity index (χ0v) is 15.9. The number of sulfonamides is 1. The number of piperidine rings is 1. The molecule has 2 atom stereocenters. The third-order valence-electron chi connectivity index (χ3n) is 5.24. The number of nitrogens with zero attached hydrogens (tertiary/aromatic N) is 2. The van der Waals surface area contributed by atoms with Crippen LogP contribution in [-0.4, -0.2) is 37.4 Å². The molecular weight excluding hydrogens is 390 g/mol. The quantitative estimate of drug-likeness (QED) is 0.587. The molecule has 0 bridgehead atoms. The van der Waals surface area contributed by atoms with Crippen molar-refractivity contribution < 1.29 is 13.3 Å². The normalized spacial score (nSPS) is 24.6. The van der Waals surface area contributed by atoms with Gasteiger partial charge in [-0.3, -0.25) is 15.0 Å². The molecular formula is C18H18ClN3O4S. The highest BCUT2D eigenvalue weighted by molar-refractivity contribution is 7.89. The van der Waals surface area contributed by atoms with Crippen molar-refractivity contribution in [3.63, 3.8) is 0 Å². The highest BCUT2D eigenvalue weighted by Gasteiger charge is 2.56. The van der Waals surface area contributed by atoms with Crippen molar-refractivity contribution in [3.05, 3.63) is 69.2 Å². The van der Waals surface area contributed by atoms with Crippen molar-refractivity contribution in [2.24, 2.45) is 11.8 Å². The molecule has 1 saturated heterocycles. The first-order chi connectivity index (χ1) is 12.8. The molecule has 142 valence electrons. The number of hydrogen-bond donors (Lipinski definition) is 1. The second-order valence-corrected chi connectivity index (χ2v) is 9.20. The number of fused-ring (bicyclic) bond motifs is 1. The number of nitro groups is 1. The fourth-order valence-corrected chi connectivity index (χ4v) is 5.22. The van der Waals surface area contributed by atoms with Crippen LogP contribution in [0.1, 0.15) is 5.56 Å². The zero-order valence-electron chi connectivity index (χ0n) is 14.3. The number of hydrogen-bond acceptors (Lipinski definition) is 5. The number of nitro benzene ring substituents is 1. The van der Waals surface area contributed by atoms with Crippen molar-refractivity contribution in [2.75, 3.05) is 13.1 Å². The molecule has 1 aliphatic carbocycles. The van der Waals surface area contributed by atoms with Gasteiger partial charge in [-0.25, -0.2) is 13.1 Å². The standard InChI is InChI=1S/C18H18ClN3O4S/c19-13-3-1-12(2-4-13)9-21-10-16-17(11-21)18(16)20-27(25,26)15-7-5-14(6-8-15)22(23)24/h1-8,16-18,20H,9-11H2. The van der Waals surface area contributed by atoms with Crippen LogP contribution in [-0.2, 0) is 16.6 Å². The van der Waals surface area contributed by atoms with Crippen molar-refractivity contribution >= 4 is 27.3 Å². The summed E-state index contributed by atoms with van der Waals surface area (Å²) < 4.78 is 27.7. The first-order valence-corrected chi connectivity index (χ1v) is 10.4. The highest BCUT2D eigenvalue weighted by Crippen LogP contribution is 2.46.